The van der Waals surface area contributed by atoms with Crippen molar-refractivity contribution in [3.63, 3.8) is 0 Å². The molecule has 16 heavy (non-hydrogen) atoms. The molecule has 0 radical (unpaired) electrons. The van der Waals surface area contributed by atoms with Gasteiger partial charge in [-0.2, -0.15) is 0 Å². The van der Waals surface area contributed by atoms with Crippen LogP contribution in [0.3, 0.4) is 0 Å². The van der Waals surface area contributed by atoms with Crippen LogP contribution in [0.1, 0.15) is 31.4 Å². The molecule has 1 aliphatic rings. The van der Waals surface area contributed by atoms with Crippen molar-refractivity contribution in [2.24, 2.45) is 0 Å². The third-order valence-electron chi connectivity index (χ3n) is 2.91. The van der Waals surface area contributed by atoms with E-state index in [2.05, 4.69) is 6.92 Å². The van der Waals surface area contributed by atoms with E-state index in [0.717, 1.165) is 24.9 Å². The third-order valence-corrected chi connectivity index (χ3v) is 2.91. The van der Waals surface area contributed by atoms with E-state index in [-0.39, 0.29) is 12.1 Å². The Balaban J connectivity index is 2.11. The summed E-state index contributed by atoms with van der Waals surface area (Å²) in [6.07, 6.45) is 1.94. The maximum Gasteiger partial charge on any atom is 0.410 e. The van der Waals surface area contributed by atoms with Crippen LogP contribution in [0, 0.1) is 0 Å². The standard InChI is InChI=1S/C13H17NO2/c1-2-3-9-14-12(10-16-13(14)15)11-7-5-4-6-8-11/h4-8,12H,2-3,9-10H2,1H3/t12-/m0/s1. The molecule has 1 aliphatic heterocycles. The van der Waals surface area contributed by atoms with Crippen molar-refractivity contribution in [1.82, 2.24) is 4.90 Å². The van der Waals surface area contributed by atoms with Crippen LogP contribution < -0.4 is 0 Å². The van der Waals surface area contributed by atoms with E-state index < -0.39 is 0 Å². The van der Waals surface area contributed by atoms with E-state index in [0.29, 0.717) is 6.61 Å². The van der Waals surface area contributed by atoms with Crippen molar-refractivity contribution >= 4 is 6.09 Å². The van der Waals surface area contributed by atoms with E-state index in [1.54, 1.807) is 0 Å². The van der Waals surface area contributed by atoms with Crippen LogP contribution in [-0.4, -0.2) is 24.1 Å². The Bertz CT molecular complexity index is 350. The third kappa shape index (κ3) is 2.18. The Morgan fingerprint density at radius 2 is 2.12 bits per heavy atom. The molecular weight excluding hydrogens is 202 g/mol. The highest BCUT2D eigenvalue weighted by Crippen LogP contribution is 2.27. The van der Waals surface area contributed by atoms with Gasteiger partial charge in [-0.1, -0.05) is 43.7 Å². The van der Waals surface area contributed by atoms with E-state index in [9.17, 15) is 4.79 Å². The van der Waals surface area contributed by atoms with Gasteiger partial charge in [-0.25, -0.2) is 4.79 Å². The number of hydrogen-bond donors (Lipinski definition) is 0. The Labute approximate surface area is 96.0 Å². The Kier molecular flexibility index (Phi) is 3.44. The van der Waals surface area contributed by atoms with Crippen molar-refractivity contribution in [1.29, 1.82) is 0 Å². The minimum absolute atomic E-state index is 0.0975. The highest BCUT2D eigenvalue weighted by molar-refractivity contribution is 5.70. The van der Waals surface area contributed by atoms with Crippen LogP contribution >= 0.6 is 0 Å². The number of amides is 1. The lowest BCUT2D eigenvalue weighted by Gasteiger charge is -2.21. The summed E-state index contributed by atoms with van der Waals surface area (Å²) < 4.78 is 5.12. The molecule has 1 fully saturated rings. The molecule has 0 unspecified atom stereocenters. The van der Waals surface area contributed by atoms with Gasteiger partial charge in [-0.15, -0.1) is 0 Å². The zero-order chi connectivity index (χ0) is 11.4. The molecule has 2 rings (SSSR count). The molecule has 86 valence electrons. The quantitative estimate of drug-likeness (QED) is 0.779. The van der Waals surface area contributed by atoms with Crippen LogP contribution in [-0.2, 0) is 4.74 Å². The summed E-state index contributed by atoms with van der Waals surface area (Å²) in [4.78, 5) is 13.4. The number of nitrogens with zero attached hydrogens (tertiary/aromatic N) is 1. The second kappa shape index (κ2) is 5.01. The fourth-order valence-corrected chi connectivity index (χ4v) is 1.98. The predicted molar refractivity (Wildman–Crippen MR) is 62.1 cm³/mol. The number of benzene rings is 1. The van der Waals surface area contributed by atoms with Gasteiger partial charge in [0.1, 0.15) is 6.61 Å². The lowest BCUT2D eigenvalue weighted by atomic mass is 10.1. The lowest BCUT2D eigenvalue weighted by molar-refractivity contribution is 0.157. The minimum atomic E-state index is -0.178. The summed E-state index contributed by atoms with van der Waals surface area (Å²) in [5, 5.41) is 0. The van der Waals surface area contributed by atoms with Crippen molar-refractivity contribution in [3.8, 4) is 0 Å². The monoisotopic (exact) mass is 219 g/mol. The van der Waals surface area contributed by atoms with Crippen molar-refractivity contribution < 1.29 is 9.53 Å². The molecule has 1 amide bonds. The number of carbonyl (C=O) groups is 1. The Morgan fingerprint density at radius 3 is 2.81 bits per heavy atom. The molecule has 1 aromatic rings. The molecule has 0 aliphatic carbocycles. The van der Waals surface area contributed by atoms with E-state index in [1.807, 2.05) is 35.2 Å². The van der Waals surface area contributed by atoms with E-state index >= 15 is 0 Å². The summed E-state index contributed by atoms with van der Waals surface area (Å²) in [7, 11) is 0. The summed E-state index contributed by atoms with van der Waals surface area (Å²) in [6.45, 7) is 3.39. The fraction of sp³-hybridized carbons (Fsp3) is 0.462. The first-order valence-corrected chi connectivity index (χ1v) is 5.81. The second-order valence-corrected chi connectivity index (χ2v) is 4.05. The smallest absolute Gasteiger partial charge is 0.410 e. The number of hydrogen-bond acceptors (Lipinski definition) is 2. The van der Waals surface area contributed by atoms with E-state index in [4.69, 9.17) is 4.74 Å². The van der Waals surface area contributed by atoms with E-state index in [1.165, 1.54) is 0 Å². The first kappa shape index (κ1) is 11.0. The topological polar surface area (TPSA) is 29.5 Å². The first-order chi connectivity index (χ1) is 7.83. The zero-order valence-corrected chi connectivity index (χ0v) is 9.56. The van der Waals surface area contributed by atoms with Crippen molar-refractivity contribution in [2.75, 3.05) is 13.2 Å². The van der Waals surface area contributed by atoms with Crippen LogP contribution in [0.4, 0.5) is 4.79 Å². The Morgan fingerprint density at radius 1 is 1.38 bits per heavy atom. The van der Waals surface area contributed by atoms with Crippen LogP contribution in [0.5, 0.6) is 0 Å². The van der Waals surface area contributed by atoms with Gasteiger partial charge in [-0.3, -0.25) is 4.90 Å². The molecule has 3 nitrogen and oxygen atoms in total. The maximum atomic E-state index is 11.6. The fourth-order valence-electron chi connectivity index (χ4n) is 1.98. The molecule has 3 heteroatoms. The molecule has 0 aromatic heterocycles. The number of rotatable bonds is 4. The molecule has 0 saturated carbocycles. The highest BCUT2D eigenvalue weighted by atomic mass is 16.6. The molecule has 0 bridgehead atoms. The van der Waals surface area contributed by atoms with Gasteiger partial charge in [0, 0.05) is 6.54 Å². The van der Waals surface area contributed by atoms with Crippen LogP contribution in [0.15, 0.2) is 30.3 Å². The number of carbonyl (C=O) groups excluding carboxylic acids is 1. The van der Waals surface area contributed by atoms with Crippen LogP contribution in [0.25, 0.3) is 0 Å². The molecule has 1 atom stereocenters. The van der Waals surface area contributed by atoms with Crippen LogP contribution in [0.2, 0.25) is 0 Å². The zero-order valence-electron chi connectivity index (χ0n) is 9.56. The average molecular weight is 219 g/mol. The van der Waals surface area contributed by atoms with Crippen molar-refractivity contribution in [2.45, 2.75) is 25.8 Å². The summed E-state index contributed by atoms with van der Waals surface area (Å²) in [6, 6.07) is 10.2. The minimum Gasteiger partial charge on any atom is -0.447 e. The van der Waals surface area contributed by atoms with Gasteiger partial charge in [0.05, 0.1) is 6.04 Å². The number of cyclic esters (lactones) is 1. The highest BCUT2D eigenvalue weighted by Gasteiger charge is 2.33. The normalized spacial score (nSPS) is 19.9. The summed E-state index contributed by atoms with van der Waals surface area (Å²) in [5.41, 5.74) is 1.16. The van der Waals surface area contributed by atoms with Gasteiger partial charge in [0.15, 0.2) is 0 Å². The molecule has 0 spiro atoms. The Hall–Kier alpha value is -1.51. The molecule has 1 heterocycles. The van der Waals surface area contributed by atoms with Gasteiger partial charge in [0.2, 0.25) is 0 Å². The number of ether oxygens (including phenoxy) is 1. The maximum absolute atomic E-state index is 11.6. The largest absolute Gasteiger partial charge is 0.447 e. The number of unbranched alkanes of at least 4 members (excludes halogenated alkanes) is 1. The average Bonchev–Trinajstić information content (AvgIpc) is 2.69. The SMILES string of the molecule is CCCCN1C(=O)OC[C@H]1c1ccccc1. The molecule has 1 aromatic carbocycles. The predicted octanol–water partition coefficient (Wildman–Crippen LogP) is 2.98. The first-order valence-electron chi connectivity index (χ1n) is 5.81. The summed E-state index contributed by atoms with van der Waals surface area (Å²) in [5.74, 6) is 0. The van der Waals surface area contributed by atoms with Crippen molar-refractivity contribution in [3.05, 3.63) is 35.9 Å². The molecule has 1 saturated heterocycles. The van der Waals surface area contributed by atoms with Gasteiger partial charge < -0.3 is 4.74 Å². The molecule has 0 N–H and O–H groups in total. The molecular formula is C13H17NO2. The van der Waals surface area contributed by atoms with Gasteiger partial charge >= 0.3 is 6.09 Å². The van der Waals surface area contributed by atoms with Gasteiger partial charge in [0.25, 0.3) is 0 Å². The summed E-state index contributed by atoms with van der Waals surface area (Å²) >= 11 is 0. The van der Waals surface area contributed by atoms with Gasteiger partial charge in [-0.05, 0) is 12.0 Å². The lowest BCUT2D eigenvalue weighted by Crippen LogP contribution is -2.28. The second-order valence-electron chi connectivity index (χ2n) is 4.05.